The second-order valence-corrected chi connectivity index (χ2v) is 9.56. The third-order valence-electron chi connectivity index (χ3n) is 6.78. The molecule has 3 N–H and O–H groups in total. The number of aromatic amines is 1. The van der Waals surface area contributed by atoms with Crippen molar-refractivity contribution in [3.63, 3.8) is 0 Å². The average molecular weight is 471 g/mol. The molecule has 0 radical (unpaired) electrons. The monoisotopic (exact) mass is 470 g/mol. The molecule has 0 aliphatic carbocycles. The van der Waals surface area contributed by atoms with Crippen LogP contribution < -0.4 is 5.32 Å². The summed E-state index contributed by atoms with van der Waals surface area (Å²) >= 11 is 0. The molecule has 2 fully saturated rings. The summed E-state index contributed by atoms with van der Waals surface area (Å²) in [6, 6.07) is 3.60. The van der Waals surface area contributed by atoms with Gasteiger partial charge in [-0.3, -0.25) is 19.5 Å². The van der Waals surface area contributed by atoms with Gasteiger partial charge in [-0.2, -0.15) is 5.10 Å². The van der Waals surface area contributed by atoms with Crippen molar-refractivity contribution in [2.75, 3.05) is 0 Å². The summed E-state index contributed by atoms with van der Waals surface area (Å²) in [5, 5.41) is 16.9. The number of amides is 2. The number of rotatable bonds is 7. The van der Waals surface area contributed by atoms with E-state index in [0.717, 1.165) is 37.1 Å². The molecule has 2 aliphatic heterocycles. The van der Waals surface area contributed by atoms with Gasteiger partial charge in [-0.25, -0.2) is 9.97 Å². The van der Waals surface area contributed by atoms with Crippen LogP contribution in [-0.4, -0.2) is 60.5 Å². The molecule has 184 valence electrons. The molecule has 0 spiro atoms. The van der Waals surface area contributed by atoms with E-state index in [2.05, 4.69) is 39.3 Å². The van der Waals surface area contributed by atoms with Crippen LogP contribution in [0.15, 0.2) is 18.3 Å². The van der Waals surface area contributed by atoms with Gasteiger partial charge in [0.25, 0.3) is 12.4 Å². The van der Waals surface area contributed by atoms with Gasteiger partial charge in [0, 0.05) is 24.0 Å². The molecule has 2 saturated heterocycles. The van der Waals surface area contributed by atoms with Gasteiger partial charge in [-0.1, -0.05) is 13.8 Å². The molecule has 10 nitrogen and oxygen atoms in total. The van der Waals surface area contributed by atoms with Crippen LogP contribution in [0, 0.1) is 25.2 Å². The van der Waals surface area contributed by atoms with E-state index in [-0.39, 0.29) is 30.4 Å². The molecular formula is C24H34N6O4. The minimum absolute atomic E-state index is 0.0443. The summed E-state index contributed by atoms with van der Waals surface area (Å²) in [4.78, 5) is 46.1. The summed E-state index contributed by atoms with van der Waals surface area (Å²) in [5.41, 5.74) is 1.53. The largest absolute Gasteiger partial charge is 0.483 e. The lowest BCUT2D eigenvalue weighted by molar-refractivity contribution is -0.133. The van der Waals surface area contributed by atoms with Crippen LogP contribution in [0.3, 0.4) is 0 Å². The molecule has 3 atom stereocenters. The molecule has 10 heteroatoms. The Morgan fingerprint density at radius 2 is 2.06 bits per heavy atom. The van der Waals surface area contributed by atoms with Crippen molar-refractivity contribution in [3.8, 4) is 0 Å². The first-order valence-corrected chi connectivity index (χ1v) is 11.7. The first kappa shape index (κ1) is 25.3. The van der Waals surface area contributed by atoms with Gasteiger partial charge in [0.05, 0.1) is 17.7 Å². The molecule has 2 aromatic heterocycles. The van der Waals surface area contributed by atoms with E-state index in [4.69, 9.17) is 9.90 Å². The van der Waals surface area contributed by atoms with Crippen molar-refractivity contribution in [1.82, 2.24) is 30.4 Å². The van der Waals surface area contributed by atoms with Crippen molar-refractivity contribution in [1.29, 1.82) is 0 Å². The number of hydrogen-bond donors (Lipinski definition) is 3. The zero-order valence-corrected chi connectivity index (χ0v) is 20.2. The van der Waals surface area contributed by atoms with Crippen molar-refractivity contribution < 1.29 is 19.5 Å². The third-order valence-corrected chi connectivity index (χ3v) is 6.78. The Hall–Kier alpha value is -3.30. The molecule has 4 rings (SSSR count). The van der Waals surface area contributed by atoms with Crippen molar-refractivity contribution in [2.24, 2.45) is 11.3 Å². The summed E-state index contributed by atoms with van der Waals surface area (Å²) in [6.07, 6.45) is 5.93. The Morgan fingerprint density at radius 1 is 1.32 bits per heavy atom. The molecule has 2 aromatic rings. The van der Waals surface area contributed by atoms with Gasteiger partial charge >= 0.3 is 0 Å². The van der Waals surface area contributed by atoms with E-state index in [1.807, 2.05) is 17.9 Å². The molecule has 0 aromatic carbocycles. The maximum Gasteiger partial charge on any atom is 0.290 e. The fourth-order valence-electron chi connectivity index (χ4n) is 5.36. The summed E-state index contributed by atoms with van der Waals surface area (Å²) in [6.45, 7) is 8.20. The molecule has 0 saturated carbocycles. The van der Waals surface area contributed by atoms with E-state index < -0.39 is 5.41 Å². The smallest absolute Gasteiger partial charge is 0.290 e. The highest BCUT2D eigenvalue weighted by atomic mass is 16.3. The standard InChI is InChI=1S/C23H32N6O2.CH2O2/c1-14(2)7-9-23(22(31)24-13-17-8-10-25-28-17)12-18-5-6-20(23)29(18)21(30)19-11-15(3)26-16(4)27-19;2-1-3/h8,10-11,14,18,20H,5-7,9,12-13H2,1-4H3,(H,24,31)(H,25,28);1H,(H,2,3)/t18-,20+,23+;/m1./s1. The van der Waals surface area contributed by atoms with Crippen LogP contribution in [0.5, 0.6) is 0 Å². The predicted molar refractivity (Wildman–Crippen MR) is 125 cm³/mol. The zero-order chi connectivity index (χ0) is 24.9. The highest BCUT2D eigenvalue weighted by molar-refractivity contribution is 5.95. The maximum absolute atomic E-state index is 13.6. The minimum Gasteiger partial charge on any atom is -0.483 e. The Bertz CT molecular complexity index is 989. The molecule has 34 heavy (non-hydrogen) atoms. The van der Waals surface area contributed by atoms with E-state index >= 15 is 0 Å². The van der Waals surface area contributed by atoms with Gasteiger partial charge in [0.15, 0.2) is 0 Å². The number of hydrogen-bond acceptors (Lipinski definition) is 6. The number of nitrogens with one attached hydrogen (secondary N) is 2. The predicted octanol–water partition coefficient (Wildman–Crippen LogP) is 2.63. The summed E-state index contributed by atoms with van der Waals surface area (Å²) < 4.78 is 0. The average Bonchev–Trinajstić information content (AvgIpc) is 3.51. The summed E-state index contributed by atoms with van der Waals surface area (Å²) in [5.74, 6) is 1.06. The quantitative estimate of drug-likeness (QED) is 0.528. The van der Waals surface area contributed by atoms with Crippen LogP contribution in [-0.2, 0) is 16.1 Å². The first-order valence-electron chi connectivity index (χ1n) is 11.7. The van der Waals surface area contributed by atoms with Crippen LogP contribution in [0.25, 0.3) is 0 Å². The fraction of sp³-hybridized carbons (Fsp3) is 0.583. The SMILES string of the molecule is Cc1cc(C(=O)N2[C@@H]3CC[C@H]2[C@@](CCC(C)C)(C(=O)NCc2ccn[nH]2)C3)nc(C)n1.O=CO. The highest BCUT2D eigenvalue weighted by Gasteiger charge is 2.60. The van der Waals surface area contributed by atoms with Crippen LogP contribution in [0.4, 0.5) is 0 Å². The van der Waals surface area contributed by atoms with Crippen LogP contribution in [0.2, 0.25) is 0 Å². The number of aromatic nitrogens is 4. The van der Waals surface area contributed by atoms with Crippen molar-refractivity contribution in [3.05, 3.63) is 41.2 Å². The van der Waals surface area contributed by atoms with Gasteiger partial charge < -0.3 is 15.3 Å². The molecule has 0 unspecified atom stereocenters. The molecule has 2 amide bonds. The van der Waals surface area contributed by atoms with E-state index in [1.54, 1.807) is 19.2 Å². The molecular weight excluding hydrogens is 436 g/mol. The van der Waals surface area contributed by atoms with E-state index in [1.165, 1.54) is 0 Å². The number of carboxylic acid groups (broad SMARTS) is 1. The normalized spacial score (nSPS) is 22.9. The second kappa shape index (κ2) is 10.8. The Balaban J connectivity index is 0.00000103. The number of carbonyl (C=O) groups excluding carboxylic acids is 2. The number of fused-ring (bicyclic) bond motifs is 2. The molecule has 2 aliphatic rings. The molecule has 2 bridgehead atoms. The van der Waals surface area contributed by atoms with Crippen LogP contribution >= 0.6 is 0 Å². The van der Waals surface area contributed by atoms with E-state index in [0.29, 0.717) is 30.4 Å². The number of H-pyrrole nitrogens is 1. The maximum atomic E-state index is 13.6. The highest BCUT2D eigenvalue weighted by Crippen LogP contribution is 2.53. The van der Waals surface area contributed by atoms with Crippen molar-refractivity contribution in [2.45, 2.75) is 78.4 Å². The summed E-state index contributed by atoms with van der Waals surface area (Å²) in [7, 11) is 0. The lowest BCUT2D eigenvalue weighted by Crippen LogP contribution is -2.50. The van der Waals surface area contributed by atoms with Gasteiger partial charge in [0.2, 0.25) is 5.91 Å². The molecule has 4 heterocycles. The van der Waals surface area contributed by atoms with E-state index in [9.17, 15) is 9.59 Å². The lowest BCUT2D eigenvalue weighted by Gasteiger charge is -2.36. The van der Waals surface area contributed by atoms with Gasteiger partial charge in [-0.15, -0.1) is 0 Å². The second-order valence-electron chi connectivity index (χ2n) is 9.56. The Kier molecular flexibility index (Phi) is 8.01. The van der Waals surface area contributed by atoms with Gasteiger partial charge in [0.1, 0.15) is 11.5 Å². The Labute approximate surface area is 199 Å². The number of aryl methyl sites for hydroxylation is 2. The third kappa shape index (κ3) is 5.26. The number of nitrogens with zero attached hydrogens (tertiary/aromatic N) is 4. The number of carbonyl (C=O) groups is 3. The van der Waals surface area contributed by atoms with Crippen molar-refractivity contribution >= 4 is 18.3 Å². The fourth-order valence-corrected chi connectivity index (χ4v) is 5.36. The van der Waals surface area contributed by atoms with Gasteiger partial charge in [-0.05, 0) is 64.0 Å². The minimum atomic E-state index is -0.556. The Morgan fingerprint density at radius 3 is 2.68 bits per heavy atom. The first-order chi connectivity index (χ1) is 16.2. The lowest BCUT2D eigenvalue weighted by atomic mass is 9.69. The zero-order valence-electron chi connectivity index (χ0n) is 20.2. The van der Waals surface area contributed by atoms with Crippen LogP contribution in [0.1, 0.15) is 73.7 Å². The topological polar surface area (TPSA) is 141 Å².